The third-order valence-corrected chi connectivity index (χ3v) is 3.97. The molecule has 126 valence electrons. The van der Waals surface area contributed by atoms with Gasteiger partial charge in [0.1, 0.15) is 11.5 Å². The second-order valence-electron chi connectivity index (χ2n) is 5.78. The van der Waals surface area contributed by atoms with Gasteiger partial charge >= 0.3 is 6.41 Å². The second-order valence-corrected chi connectivity index (χ2v) is 5.78. The van der Waals surface area contributed by atoms with E-state index < -0.39 is 12.6 Å². The Morgan fingerprint density at radius 2 is 1.46 bits per heavy atom. The van der Waals surface area contributed by atoms with Crippen molar-refractivity contribution in [3.8, 4) is 11.5 Å². The van der Waals surface area contributed by atoms with E-state index in [2.05, 4.69) is 0 Å². The molecule has 0 aliphatic carbocycles. The van der Waals surface area contributed by atoms with Crippen LogP contribution in [0.15, 0.2) is 60.7 Å². The maximum Gasteiger partial charge on any atom is 0.330 e. The number of carbonyl (C=O) groups is 1. The average Bonchev–Trinajstić information content (AvgIpc) is 2.77. The zero-order valence-electron chi connectivity index (χ0n) is 13.5. The molecule has 0 aromatic heterocycles. The first-order valence-electron chi connectivity index (χ1n) is 8.24. The quantitative estimate of drug-likeness (QED) is 0.858. The minimum Gasteiger partial charge on any atom is -0.437 e. The molecule has 1 atom stereocenters. The summed E-state index contributed by atoms with van der Waals surface area (Å²) >= 11 is 0. The highest BCUT2D eigenvalue weighted by Gasteiger charge is 2.33. The number of rotatable bonds is 5. The summed E-state index contributed by atoms with van der Waals surface area (Å²) in [6, 6.07) is 18.6. The predicted octanol–water partition coefficient (Wildman–Crippen LogP) is 3.12. The first kappa shape index (κ1) is 16.3. The number of hydrogen-bond acceptors (Lipinski definition) is 4. The van der Waals surface area contributed by atoms with Crippen LogP contribution in [0, 0.1) is 0 Å². The molecular formula is C19H22N2O3. The molecule has 0 spiro atoms. The van der Waals surface area contributed by atoms with Gasteiger partial charge in [0.2, 0.25) is 5.91 Å². The molecule has 2 aromatic rings. The van der Waals surface area contributed by atoms with Crippen molar-refractivity contribution in [1.82, 2.24) is 4.90 Å². The Morgan fingerprint density at radius 3 is 2.00 bits per heavy atom. The van der Waals surface area contributed by atoms with Gasteiger partial charge in [-0.25, -0.2) is 0 Å². The van der Waals surface area contributed by atoms with Crippen LogP contribution in [0.2, 0.25) is 0 Å². The van der Waals surface area contributed by atoms with E-state index in [0.29, 0.717) is 17.9 Å². The highest BCUT2D eigenvalue weighted by molar-refractivity contribution is 5.76. The van der Waals surface area contributed by atoms with Crippen molar-refractivity contribution in [1.29, 1.82) is 0 Å². The fourth-order valence-electron chi connectivity index (χ4n) is 2.73. The van der Waals surface area contributed by atoms with Crippen LogP contribution in [0.5, 0.6) is 11.5 Å². The lowest BCUT2D eigenvalue weighted by molar-refractivity contribution is -0.167. The fourth-order valence-corrected chi connectivity index (χ4v) is 2.73. The molecule has 1 saturated heterocycles. The Balaban J connectivity index is 1.86. The number of likely N-dealkylation sites (tertiary alicyclic amines) is 1. The van der Waals surface area contributed by atoms with Crippen LogP contribution >= 0.6 is 0 Å². The smallest absolute Gasteiger partial charge is 0.330 e. The molecule has 1 heterocycles. The van der Waals surface area contributed by atoms with Crippen molar-refractivity contribution in [2.75, 3.05) is 0 Å². The SMILES string of the molecule is NC1CCCCC(=O)N1C(Oc1ccccc1)Oc1ccccc1. The van der Waals surface area contributed by atoms with E-state index in [1.54, 1.807) is 0 Å². The van der Waals surface area contributed by atoms with Gasteiger partial charge < -0.3 is 15.2 Å². The van der Waals surface area contributed by atoms with Crippen LogP contribution < -0.4 is 15.2 Å². The van der Waals surface area contributed by atoms with Crippen molar-refractivity contribution in [3.63, 3.8) is 0 Å². The maximum atomic E-state index is 12.5. The number of ether oxygens (including phenoxy) is 2. The Kier molecular flexibility index (Phi) is 5.33. The average molecular weight is 326 g/mol. The molecule has 2 N–H and O–H groups in total. The van der Waals surface area contributed by atoms with Gasteiger partial charge in [-0.1, -0.05) is 36.4 Å². The van der Waals surface area contributed by atoms with Gasteiger partial charge in [0, 0.05) is 6.42 Å². The largest absolute Gasteiger partial charge is 0.437 e. The van der Waals surface area contributed by atoms with Gasteiger partial charge in [-0.3, -0.25) is 9.69 Å². The number of nitrogens with two attached hydrogens (primary N) is 1. The summed E-state index contributed by atoms with van der Waals surface area (Å²) in [7, 11) is 0. The van der Waals surface area contributed by atoms with E-state index in [0.717, 1.165) is 19.3 Å². The van der Waals surface area contributed by atoms with Crippen LogP contribution in [0.3, 0.4) is 0 Å². The van der Waals surface area contributed by atoms with Crippen molar-refractivity contribution in [3.05, 3.63) is 60.7 Å². The Bertz CT molecular complexity index is 607. The number of amides is 1. The maximum absolute atomic E-state index is 12.5. The zero-order chi connectivity index (χ0) is 16.8. The number of carbonyl (C=O) groups excluding carboxylic acids is 1. The lowest BCUT2D eigenvalue weighted by Gasteiger charge is -2.34. The van der Waals surface area contributed by atoms with Gasteiger partial charge in [0.15, 0.2) is 0 Å². The highest BCUT2D eigenvalue weighted by Crippen LogP contribution is 2.23. The van der Waals surface area contributed by atoms with Gasteiger partial charge in [-0.05, 0) is 43.5 Å². The van der Waals surface area contributed by atoms with E-state index in [4.69, 9.17) is 15.2 Å². The van der Waals surface area contributed by atoms with Gasteiger partial charge in [0.25, 0.3) is 0 Å². The third-order valence-electron chi connectivity index (χ3n) is 3.97. The second kappa shape index (κ2) is 7.84. The standard InChI is InChI=1S/C19H22N2O3/c20-17-13-7-8-14-18(22)21(17)19(23-15-9-3-1-4-10-15)24-16-11-5-2-6-12-16/h1-6,9-12,17,19H,7-8,13-14,20H2. The Hall–Kier alpha value is -2.53. The summed E-state index contributed by atoms with van der Waals surface area (Å²) in [5, 5.41) is 0. The molecule has 1 unspecified atom stereocenters. The molecule has 5 heteroatoms. The Labute approximate surface area is 142 Å². The lowest BCUT2D eigenvalue weighted by atomic mass is 10.2. The topological polar surface area (TPSA) is 64.8 Å². The summed E-state index contributed by atoms with van der Waals surface area (Å²) in [6.45, 7) is 0. The summed E-state index contributed by atoms with van der Waals surface area (Å²) in [5.41, 5.74) is 6.22. The molecular weight excluding hydrogens is 304 g/mol. The van der Waals surface area contributed by atoms with E-state index in [1.807, 2.05) is 60.7 Å². The van der Waals surface area contributed by atoms with Crippen molar-refractivity contribution in [2.24, 2.45) is 5.73 Å². The molecule has 1 fully saturated rings. The predicted molar refractivity (Wildman–Crippen MR) is 91.2 cm³/mol. The molecule has 1 aliphatic rings. The van der Waals surface area contributed by atoms with Crippen LogP contribution in [0.25, 0.3) is 0 Å². The van der Waals surface area contributed by atoms with Crippen molar-refractivity contribution >= 4 is 5.91 Å². The third kappa shape index (κ3) is 4.06. The first-order valence-corrected chi connectivity index (χ1v) is 8.24. The van der Waals surface area contributed by atoms with Crippen molar-refractivity contribution in [2.45, 2.75) is 38.3 Å². The summed E-state index contributed by atoms with van der Waals surface area (Å²) in [6.07, 6.45) is 1.64. The normalized spacial score (nSPS) is 18.3. The van der Waals surface area contributed by atoms with E-state index in [1.165, 1.54) is 4.90 Å². The molecule has 3 rings (SSSR count). The monoisotopic (exact) mass is 326 g/mol. The first-order chi connectivity index (χ1) is 11.7. The molecule has 2 aromatic carbocycles. The van der Waals surface area contributed by atoms with E-state index in [9.17, 15) is 4.79 Å². The zero-order valence-corrected chi connectivity index (χ0v) is 13.5. The molecule has 5 nitrogen and oxygen atoms in total. The lowest BCUT2D eigenvalue weighted by Crippen LogP contribution is -2.55. The van der Waals surface area contributed by atoms with Crippen LogP contribution in [0.4, 0.5) is 0 Å². The van der Waals surface area contributed by atoms with Gasteiger partial charge in [0.05, 0.1) is 6.17 Å². The van der Waals surface area contributed by atoms with Gasteiger partial charge in [-0.15, -0.1) is 0 Å². The minimum absolute atomic E-state index is 0.0446. The van der Waals surface area contributed by atoms with Gasteiger partial charge in [-0.2, -0.15) is 0 Å². The van der Waals surface area contributed by atoms with E-state index in [-0.39, 0.29) is 5.91 Å². The number of benzene rings is 2. The van der Waals surface area contributed by atoms with Crippen LogP contribution in [0.1, 0.15) is 25.7 Å². The molecule has 1 aliphatic heterocycles. The number of para-hydroxylation sites is 2. The fraction of sp³-hybridized carbons (Fsp3) is 0.316. The summed E-state index contributed by atoms with van der Waals surface area (Å²) in [4.78, 5) is 14.1. The summed E-state index contributed by atoms with van der Waals surface area (Å²) in [5.74, 6) is 1.21. The minimum atomic E-state index is -0.893. The van der Waals surface area contributed by atoms with Crippen LogP contribution in [-0.2, 0) is 4.79 Å². The molecule has 0 saturated carbocycles. The molecule has 0 bridgehead atoms. The molecule has 24 heavy (non-hydrogen) atoms. The molecule has 0 radical (unpaired) electrons. The van der Waals surface area contributed by atoms with E-state index >= 15 is 0 Å². The summed E-state index contributed by atoms with van der Waals surface area (Å²) < 4.78 is 11.9. The van der Waals surface area contributed by atoms with Crippen molar-refractivity contribution < 1.29 is 14.3 Å². The molecule has 1 amide bonds. The Morgan fingerprint density at radius 1 is 0.917 bits per heavy atom. The number of nitrogens with zero attached hydrogens (tertiary/aromatic N) is 1. The highest BCUT2D eigenvalue weighted by atomic mass is 16.7. The number of hydrogen-bond donors (Lipinski definition) is 1. The van der Waals surface area contributed by atoms with Crippen LogP contribution in [-0.4, -0.2) is 23.4 Å².